The van der Waals surface area contributed by atoms with Crippen LogP contribution < -0.4 is 0 Å². The SMILES string of the molecule is Cc1ccccc1-c1ccc(-c2ccc(-c3ccc(-c4ccc(-c5ccc(-c6ccccc6-c6ccc(-c7ccccn7)cc6)cc5C)c(C)c4)cc3C)c(C)c2)cc1C. The zero-order valence-electron chi connectivity index (χ0n) is 35.3. The number of rotatable bonds is 8. The van der Waals surface area contributed by atoms with Gasteiger partial charge in [0.2, 0.25) is 0 Å². The van der Waals surface area contributed by atoms with E-state index in [-0.39, 0.29) is 0 Å². The number of aryl methyl sites for hydroxylation is 6. The molecule has 0 atom stereocenters. The Bertz CT molecular complexity index is 3020. The van der Waals surface area contributed by atoms with E-state index >= 15 is 0 Å². The third kappa shape index (κ3) is 7.51. The van der Waals surface area contributed by atoms with Crippen LogP contribution >= 0.6 is 0 Å². The van der Waals surface area contributed by atoms with Crippen LogP contribution in [0.1, 0.15) is 33.4 Å². The molecule has 0 unspecified atom stereocenters. The fourth-order valence-electron chi connectivity index (χ4n) is 8.93. The van der Waals surface area contributed by atoms with Crippen LogP contribution in [0.4, 0.5) is 0 Å². The molecule has 1 heterocycles. The number of aromatic nitrogens is 1. The molecule has 1 nitrogen and oxygen atoms in total. The first kappa shape index (κ1) is 38.4. The van der Waals surface area contributed by atoms with Crippen molar-refractivity contribution in [3.8, 4) is 89.1 Å². The number of hydrogen-bond acceptors (Lipinski definition) is 1. The van der Waals surface area contributed by atoms with E-state index in [0.29, 0.717) is 0 Å². The predicted molar refractivity (Wildman–Crippen MR) is 256 cm³/mol. The molecular weight excluding hydrogens is 723 g/mol. The zero-order chi connectivity index (χ0) is 41.3. The summed E-state index contributed by atoms with van der Waals surface area (Å²) in [7, 11) is 0. The summed E-state index contributed by atoms with van der Waals surface area (Å²) in [5.41, 5.74) is 27.3. The van der Waals surface area contributed by atoms with Gasteiger partial charge in [-0.15, -0.1) is 0 Å². The summed E-state index contributed by atoms with van der Waals surface area (Å²) in [5.74, 6) is 0. The minimum absolute atomic E-state index is 0.986. The van der Waals surface area contributed by atoms with Gasteiger partial charge in [0.05, 0.1) is 5.69 Å². The number of hydrogen-bond donors (Lipinski definition) is 0. The van der Waals surface area contributed by atoms with Gasteiger partial charge in [0.25, 0.3) is 0 Å². The molecule has 0 amide bonds. The van der Waals surface area contributed by atoms with E-state index in [1.807, 2.05) is 18.3 Å². The maximum Gasteiger partial charge on any atom is 0.0701 e. The molecule has 0 fully saturated rings. The van der Waals surface area contributed by atoms with Gasteiger partial charge in [-0.05, 0) is 165 Å². The Morgan fingerprint density at radius 3 is 0.950 bits per heavy atom. The van der Waals surface area contributed by atoms with Crippen molar-refractivity contribution in [2.45, 2.75) is 41.5 Å². The average Bonchev–Trinajstić information content (AvgIpc) is 3.27. The van der Waals surface area contributed by atoms with Crippen LogP contribution in [0.25, 0.3) is 89.1 Å². The second-order valence-electron chi connectivity index (χ2n) is 16.3. The highest BCUT2D eigenvalue weighted by molar-refractivity contribution is 5.87. The fraction of sp³-hybridized carbons (Fsp3) is 0.102. The lowest BCUT2D eigenvalue weighted by molar-refractivity contribution is 1.33. The van der Waals surface area contributed by atoms with Gasteiger partial charge in [-0.2, -0.15) is 0 Å². The van der Waals surface area contributed by atoms with Crippen molar-refractivity contribution in [3.63, 3.8) is 0 Å². The Labute approximate surface area is 355 Å². The monoisotopic (exact) mass is 771 g/mol. The second kappa shape index (κ2) is 16.3. The number of pyridine rings is 1. The van der Waals surface area contributed by atoms with Crippen molar-refractivity contribution < 1.29 is 0 Å². The first-order valence-electron chi connectivity index (χ1n) is 20.9. The first-order chi connectivity index (χ1) is 29.2. The van der Waals surface area contributed by atoms with Gasteiger partial charge in [0.1, 0.15) is 0 Å². The minimum atomic E-state index is 0.986. The van der Waals surface area contributed by atoms with Crippen LogP contribution in [0.5, 0.6) is 0 Å². The van der Waals surface area contributed by atoms with Crippen LogP contribution in [0.2, 0.25) is 0 Å². The van der Waals surface area contributed by atoms with E-state index in [1.165, 1.54) is 111 Å². The molecular formula is C59H49N. The molecule has 9 aromatic rings. The van der Waals surface area contributed by atoms with Gasteiger partial charge in [0, 0.05) is 11.8 Å². The van der Waals surface area contributed by atoms with Crippen molar-refractivity contribution in [1.82, 2.24) is 4.98 Å². The Morgan fingerprint density at radius 1 is 0.233 bits per heavy atom. The van der Waals surface area contributed by atoms with Gasteiger partial charge >= 0.3 is 0 Å². The molecule has 0 saturated carbocycles. The lowest BCUT2D eigenvalue weighted by atomic mass is 9.88. The molecule has 0 aliphatic heterocycles. The summed E-state index contributed by atoms with van der Waals surface area (Å²) < 4.78 is 0. The van der Waals surface area contributed by atoms with Crippen molar-refractivity contribution in [2.24, 2.45) is 0 Å². The van der Waals surface area contributed by atoms with E-state index in [0.717, 1.165) is 11.3 Å². The lowest BCUT2D eigenvalue weighted by Gasteiger charge is -2.16. The highest BCUT2D eigenvalue weighted by Crippen LogP contribution is 2.39. The van der Waals surface area contributed by atoms with Crippen LogP contribution in [0.3, 0.4) is 0 Å². The molecule has 0 radical (unpaired) electrons. The number of benzene rings is 8. The van der Waals surface area contributed by atoms with Gasteiger partial charge in [0.15, 0.2) is 0 Å². The quantitative estimate of drug-likeness (QED) is 0.150. The highest BCUT2D eigenvalue weighted by Gasteiger charge is 2.14. The first-order valence-corrected chi connectivity index (χ1v) is 20.9. The largest absolute Gasteiger partial charge is 0.256 e. The molecule has 9 rings (SSSR count). The normalized spacial score (nSPS) is 11.2. The third-order valence-corrected chi connectivity index (χ3v) is 12.2. The average molecular weight is 772 g/mol. The van der Waals surface area contributed by atoms with Crippen LogP contribution in [0.15, 0.2) is 188 Å². The molecule has 1 heteroatoms. The van der Waals surface area contributed by atoms with E-state index in [4.69, 9.17) is 0 Å². The minimum Gasteiger partial charge on any atom is -0.256 e. The summed E-state index contributed by atoms with van der Waals surface area (Å²) in [5, 5.41) is 0. The van der Waals surface area contributed by atoms with E-state index < -0.39 is 0 Å². The van der Waals surface area contributed by atoms with Crippen molar-refractivity contribution >= 4 is 0 Å². The molecule has 0 bridgehead atoms. The molecule has 0 aliphatic rings. The second-order valence-corrected chi connectivity index (χ2v) is 16.3. The molecule has 0 aliphatic carbocycles. The summed E-state index contributed by atoms with van der Waals surface area (Å²) in [6.07, 6.45) is 1.84. The Hall–Kier alpha value is -7.09. The topological polar surface area (TPSA) is 12.9 Å². The molecule has 0 saturated heterocycles. The van der Waals surface area contributed by atoms with E-state index in [2.05, 4.69) is 216 Å². The Kier molecular flexibility index (Phi) is 10.4. The summed E-state index contributed by atoms with van der Waals surface area (Å²) in [6.45, 7) is 13.3. The molecule has 8 aromatic carbocycles. The summed E-state index contributed by atoms with van der Waals surface area (Å²) in [4.78, 5) is 4.53. The molecule has 1 aromatic heterocycles. The van der Waals surface area contributed by atoms with Gasteiger partial charge < -0.3 is 0 Å². The maximum absolute atomic E-state index is 4.53. The lowest BCUT2D eigenvalue weighted by Crippen LogP contribution is -1.92. The highest BCUT2D eigenvalue weighted by atomic mass is 14.7. The third-order valence-electron chi connectivity index (χ3n) is 12.2. The standard InChI is InChI=1S/C59H49N/c1-38-13-7-8-14-51(38)52-27-22-46(33-39(52)2)47-23-28-53(40(3)34-47)54-29-24-48(35-41(54)4)49-25-30-55(42(5)36-49)56-31-26-50(37-43(56)6)58-16-10-9-15-57(58)44-18-20-45(21-19-44)59-17-11-12-32-60-59/h7-37H,1-6H3. The molecule has 290 valence electrons. The molecule has 60 heavy (non-hydrogen) atoms. The number of nitrogens with zero attached hydrogens (tertiary/aromatic N) is 1. The van der Waals surface area contributed by atoms with E-state index in [9.17, 15) is 0 Å². The van der Waals surface area contributed by atoms with Crippen molar-refractivity contribution in [1.29, 1.82) is 0 Å². The Balaban J connectivity index is 0.937. The zero-order valence-corrected chi connectivity index (χ0v) is 35.3. The Morgan fingerprint density at radius 2 is 0.550 bits per heavy atom. The predicted octanol–water partition coefficient (Wildman–Crippen LogP) is 16.3. The smallest absolute Gasteiger partial charge is 0.0701 e. The van der Waals surface area contributed by atoms with Crippen LogP contribution in [0, 0.1) is 41.5 Å². The van der Waals surface area contributed by atoms with Crippen molar-refractivity contribution in [3.05, 3.63) is 222 Å². The van der Waals surface area contributed by atoms with E-state index in [1.54, 1.807) is 0 Å². The van der Waals surface area contributed by atoms with Crippen LogP contribution in [-0.4, -0.2) is 4.98 Å². The van der Waals surface area contributed by atoms with Gasteiger partial charge in [-0.1, -0.05) is 170 Å². The molecule has 0 N–H and O–H groups in total. The van der Waals surface area contributed by atoms with Crippen molar-refractivity contribution in [2.75, 3.05) is 0 Å². The summed E-state index contributed by atoms with van der Waals surface area (Å²) in [6, 6.07) is 66.6. The van der Waals surface area contributed by atoms with Gasteiger partial charge in [-0.25, -0.2) is 0 Å². The molecule has 0 spiro atoms. The van der Waals surface area contributed by atoms with Crippen LogP contribution in [-0.2, 0) is 0 Å². The fourth-order valence-corrected chi connectivity index (χ4v) is 8.93. The summed E-state index contributed by atoms with van der Waals surface area (Å²) >= 11 is 0. The van der Waals surface area contributed by atoms with Gasteiger partial charge in [-0.3, -0.25) is 4.98 Å². The maximum atomic E-state index is 4.53.